The van der Waals surface area contributed by atoms with E-state index in [1.54, 1.807) is 39.3 Å². The van der Waals surface area contributed by atoms with E-state index >= 15 is 0 Å². The molecule has 0 saturated carbocycles. The number of rotatable bonds is 6. The fraction of sp³-hybridized carbons (Fsp3) is 0.250. The van der Waals surface area contributed by atoms with Gasteiger partial charge >= 0.3 is 6.09 Å². The van der Waals surface area contributed by atoms with Gasteiger partial charge in [-0.1, -0.05) is 0 Å². The monoisotopic (exact) mass is 317 g/mol. The van der Waals surface area contributed by atoms with Crippen molar-refractivity contribution < 1.29 is 19.0 Å². The lowest BCUT2D eigenvalue weighted by molar-refractivity contribution is 0.168. The molecule has 0 radical (unpaired) electrons. The van der Waals surface area contributed by atoms with Gasteiger partial charge in [0.1, 0.15) is 17.3 Å². The van der Waals surface area contributed by atoms with Crippen LogP contribution in [0.5, 0.6) is 11.5 Å². The molecule has 0 aliphatic rings. The molecule has 7 heteroatoms. The van der Waals surface area contributed by atoms with Crippen molar-refractivity contribution in [3.05, 3.63) is 36.5 Å². The predicted molar refractivity (Wildman–Crippen MR) is 87.7 cm³/mol. The van der Waals surface area contributed by atoms with E-state index in [2.05, 4.69) is 15.6 Å². The Balaban J connectivity index is 2.07. The lowest BCUT2D eigenvalue weighted by Crippen LogP contribution is -2.13. The van der Waals surface area contributed by atoms with E-state index in [1.165, 1.54) is 6.20 Å². The molecule has 0 saturated heterocycles. The summed E-state index contributed by atoms with van der Waals surface area (Å²) >= 11 is 0. The van der Waals surface area contributed by atoms with Crippen molar-refractivity contribution in [2.24, 2.45) is 0 Å². The number of hydrogen-bond donors (Lipinski definition) is 2. The Labute approximate surface area is 134 Å². The van der Waals surface area contributed by atoms with Gasteiger partial charge in [0.05, 0.1) is 38.4 Å². The van der Waals surface area contributed by atoms with Crippen LogP contribution in [0.4, 0.5) is 22.0 Å². The summed E-state index contributed by atoms with van der Waals surface area (Å²) in [6.07, 6.45) is 1.03. The Hall–Kier alpha value is -2.96. The van der Waals surface area contributed by atoms with Crippen molar-refractivity contribution in [2.75, 3.05) is 31.5 Å². The Morgan fingerprint density at radius 3 is 2.61 bits per heavy atom. The minimum absolute atomic E-state index is 0.316. The molecule has 1 aromatic heterocycles. The molecule has 122 valence electrons. The first-order valence-electron chi connectivity index (χ1n) is 7.05. The highest BCUT2D eigenvalue weighted by Gasteiger charge is 2.07. The van der Waals surface area contributed by atoms with Crippen molar-refractivity contribution in [3.63, 3.8) is 0 Å². The van der Waals surface area contributed by atoms with E-state index in [4.69, 9.17) is 14.2 Å². The maximum atomic E-state index is 11.3. The van der Waals surface area contributed by atoms with Crippen molar-refractivity contribution in [1.82, 2.24) is 4.98 Å². The smallest absolute Gasteiger partial charge is 0.411 e. The van der Waals surface area contributed by atoms with E-state index in [1.807, 2.05) is 12.1 Å². The molecule has 0 aliphatic heterocycles. The van der Waals surface area contributed by atoms with Gasteiger partial charge in [-0.2, -0.15) is 0 Å². The second-order valence-electron chi connectivity index (χ2n) is 4.47. The van der Waals surface area contributed by atoms with Gasteiger partial charge in [-0.15, -0.1) is 0 Å². The maximum Gasteiger partial charge on any atom is 0.411 e. The van der Waals surface area contributed by atoms with Gasteiger partial charge < -0.3 is 19.5 Å². The summed E-state index contributed by atoms with van der Waals surface area (Å²) in [5, 5.41) is 5.72. The third kappa shape index (κ3) is 4.50. The molecular formula is C16H19N3O4. The molecule has 0 fully saturated rings. The molecule has 1 heterocycles. The van der Waals surface area contributed by atoms with Crippen LogP contribution in [0.2, 0.25) is 0 Å². The minimum atomic E-state index is -0.508. The maximum absolute atomic E-state index is 11.3. The van der Waals surface area contributed by atoms with Crippen LogP contribution < -0.4 is 20.1 Å². The van der Waals surface area contributed by atoms with Crippen LogP contribution in [-0.2, 0) is 4.74 Å². The van der Waals surface area contributed by atoms with Gasteiger partial charge in [-0.3, -0.25) is 5.32 Å². The van der Waals surface area contributed by atoms with Gasteiger partial charge in [0.25, 0.3) is 0 Å². The molecule has 0 atom stereocenters. The first kappa shape index (κ1) is 16.4. The first-order chi connectivity index (χ1) is 11.2. The average Bonchev–Trinajstić information content (AvgIpc) is 2.57. The summed E-state index contributed by atoms with van der Waals surface area (Å²) in [7, 11) is 3.18. The van der Waals surface area contributed by atoms with Gasteiger partial charge in [-0.05, 0) is 31.2 Å². The lowest BCUT2D eigenvalue weighted by atomic mass is 10.2. The van der Waals surface area contributed by atoms with Crippen molar-refractivity contribution in [2.45, 2.75) is 6.92 Å². The molecule has 0 spiro atoms. The predicted octanol–water partition coefficient (Wildman–Crippen LogP) is 3.41. The third-order valence-corrected chi connectivity index (χ3v) is 2.96. The largest absolute Gasteiger partial charge is 0.497 e. The van der Waals surface area contributed by atoms with Crippen LogP contribution in [-0.4, -0.2) is 31.9 Å². The quantitative estimate of drug-likeness (QED) is 0.849. The van der Waals surface area contributed by atoms with Crippen LogP contribution in [0, 0.1) is 0 Å². The molecule has 1 amide bonds. The summed E-state index contributed by atoms with van der Waals surface area (Å²) < 4.78 is 15.3. The molecular weight excluding hydrogens is 298 g/mol. The molecule has 1 aromatic carbocycles. The fourth-order valence-corrected chi connectivity index (χ4v) is 1.87. The van der Waals surface area contributed by atoms with E-state index in [0.29, 0.717) is 29.6 Å². The highest BCUT2D eigenvalue weighted by Crippen LogP contribution is 2.31. The standard InChI is InChI=1S/C16H19N3O4/c1-4-23-16(20)18-11-5-8-15(17-10-11)19-13-7-6-12(21-2)9-14(13)22-3/h5-10H,4H2,1-3H3,(H,17,19)(H,18,20). The average molecular weight is 317 g/mol. The van der Waals surface area contributed by atoms with E-state index in [0.717, 1.165) is 5.69 Å². The normalized spacial score (nSPS) is 9.87. The molecule has 23 heavy (non-hydrogen) atoms. The highest BCUT2D eigenvalue weighted by atomic mass is 16.5. The Morgan fingerprint density at radius 1 is 1.17 bits per heavy atom. The number of ether oxygens (including phenoxy) is 3. The van der Waals surface area contributed by atoms with Crippen LogP contribution in [0.25, 0.3) is 0 Å². The number of methoxy groups -OCH3 is 2. The topological polar surface area (TPSA) is 81.7 Å². The number of pyridine rings is 1. The molecule has 0 unspecified atom stereocenters. The van der Waals surface area contributed by atoms with E-state index in [-0.39, 0.29) is 0 Å². The van der Waals surface area contributed by atoms with Crippen LogP contribution in [0.1, 0.15) is 6.92 Å². The number of aromatic nitrogens is 1. The summed E-state index contributed by atoms with van der Waals surface area (Å²) in [6.45, 7) is 2.06. The minimum Gasteiger partial charge on any atom is -0.497 e. The lowest BCUT2D eigenvalue weighted by Gasteiger charge is -2.12. The first-order valence-corrected chi connectivity index (χ1v) is 7.05. The third-order valence-electron chi connectivity index (χ3n) is 2.96. The van der Waals surface area contributed by atoms with Crippen molar-refractivity contribution in [1.29, 1.82) is 0 Å². The summed E-state index contributed by atoms with van der Waals surface area (Å²) in [6, 6.07) is 8.90. The summed E-state index contributed by atoms with van der Waals surface area (Å²) in [5.74, 6) is 1.96. The molecule has 7 nitrogen and oxygen atoms in total. The van der Waals surface area contributed by atoms with E-state index in [9.17, 15) is 4.79 Å². The zero-order valence-corrected chi connectivity index (χ0v) is 13.3. The SMILES string of the molecule is CCOC(=O)Nc1ccc(Nc2ccc(OC)cc2OC)nc1. The number of carbonyl (C=O) groups excluding carboxylic acids is 1. The number of nitrogens with one attached hydrogen (secondary N) is 2. The molecule has 0 aliphatic carbocycles. The highest BCUT2D eigenvalue weighted by molar-refractivity contribution is 5.84. The number of anilines is 3. The number of benzene rings is 1. The fourth-order valence-electron chi connectivity index (χ4n) is 1.87. The number of hydrogen-bond acceptors (Lipinski definition) is 6. The second-order valence-corrected chi connectivity index (χ2v) is 4.47. The molecule has 0 bridgehead atoms. The van der Waals surface area contributed by atoms with Crippen molar-refractivity contribution >= 4 is 23.3 Å². The van der Waals surface area contributed by atoms with Gasteiger partial charge in [-0.25, -0.2) is 9.78 Å². The van der Waals surface area contributed by atoms with Crippen molar-refractivity contribution in [3.8, 4) is 11.5 Å². The number of amides is 1. The van der Waals surface area contributed by atoms with Crippen LogP contribution >= 0.6 is 0 Å². The summed E-state index contributed by atoms with van der Waals surface area (Å²) in [5.41, 5.74) is 1.31. The Morgan fingerprint density at radius 2 is 2.00 bits per heavy atom. The number of carbonyl (C=O) groups is 1. The van der Waals surface area contributed by atoms with Gasteiger partial charge in [0.2, 0.25) is 0 Å². The molecule has 2 aromatic rings. The van der Waals surface area contributed by atoms with Crippen LogP contribution in [0.3, 0.4) is 0 Å². The Kier molecular flexibility index (Phi) is 5.62. The number of nitrogens with zero attached hydrogens (tertiary/aromatic N) is 1. The van der Waals surface area contributed by atoms with Gasteiger partial charge in [0.15, 0.2) is 0 Å². The van der Waals surface area contributed by atoms with Gasteiger partial charge in [0, 0.05) is 6.07 Å². The second kappa shape index (κ2) is 7.88. The zero-order chi connectivity index (χ0) is 16.7. The Bertz CT molecular complexity index is 659. The van der Waals surface area contributed by atoms with Crippen LogP contribution in [0.15, 0.2) is 36.5 Å². The molecule has 2 N–H and O–H groups in total. The zero-order valence-electron chi connectivity index (χ0n) is 13.3. The summed E-state index contributed by atoms with van der Waals surface area (Å²) in [4.78, 5) is 15.6. The molecule has 2 rings (SSSR count). The van der Waals surface area contributed by atoms with E-state index < -0.39 is 6.09 Å².